The van der Waals surface area contributed by atoms with Crippen LogP contribution in [-0.4, -0.2) is 17.6 Å². The van der Waals surface area contributed by atoms with E-state index >= 15 is 0 Å². The van der Waals surface area contributed by atoms with Gasteiger partial charge in [0.15, 0.2) is 5.78 Å². The Morgan fingerprint density at radius 1 is 0.679 bits per heavy atom. The summed E-state index contributed by atoms with van der Waals surface area (Å²) < 4.78 is 0. The number of carbonyl (C=O) groups excluding carboxylic acids is 3. The van der Waals surface area contributed by atoms with Gasteiger partial charge >= 0.3 is 0 Å². The van der Waals surface area contributed by atoms with Crippen LogP contribution in [0.3, 0.4) is 0 Å². The molecule has 0 spiro atoms. The highest BCUT2D eigenvalue weighted by atomic mass is 16.2. The molecule has 140 valence electrons. The molecule has 3 rings (SSSR count). The zero-order chi connectivity index (χ0) is 19.9. The van der Waals surface area contributed by atoms with E-state index in [1.807, 2.05) is 42.5 Å². The van der Waals surface area contributed by atoms with Crippen molar-refractivity contribution in [3.8, 4) is 11.1 Å². The molecule has 0 radical (unpaired) electrons. The van der Waals surface area contributed by atoms with Crippen LogP contribution in [0.1, 0.15) is 33.6 Å². The molecule has 0 saturated heterocycles. The number of hydrogen-bond donors (Lipinski definition) is 2. The number of amides is 2. The molecule has 0 aliphatic carbocycles. The molecule has 28 heavy (non-hydrogen) atoms. The number of rotatable bonds is 7. The van der Waals surface area contributed by atoms with Crippen LogP contribution >= 0.6 is 0 Å². The first-order chi connectivity index (χ1) is 13.5. The number of benzene rings is 3. The van der Waals surface area contributed by atoms with E-state index in [9.17, 15) is 14.4 Å². The van der Waals surface area contributed by atoms with Crippen molar-refractivity contribution in [2.45, 2.75) is 12.8 Å². The molecule has 0 aromatic heterocycles. The van der Waals surface area contributed by atoms with Crippen molar-refractivity contribution in [2.24, 2.45) is 5.73 Å². The topological polar surface area (TPSA) is 89.3 Å². The molecule has 0 aliphatic heterocycles. The summed E-state index contributed by atoms with van der Waals surface area (Å²) >= 11 is 0. The van der Waals surface area contributed by atoms with Gasteiger partial charge in [0.05, 0.1) is 0 Å². The molecule has 0 atom stereocenters. The molecule has 5 heteroatoms. The van der Waals surface area contributed by atoms with Gasteiger partial charge in [-0.25, -0.2) is 0 Å². The minimum Gasteiger partial charge on any atom is -0.366 e. The van der Waals surface area contributed by atoms with E-state index in [-0.39, 0.29) is 24.5 Å². The maximum atomic E-state index is 12.3. The van der Waals surface area contributed by atoms with Gasteiger partial charge in [0.2, 0.25) is 11.8 Å². The van der Waals surface area contributed by atoms with E-state index in [1.165, 1.54) is 12.1 Å². The number of Topliss-reactive ketones (excluding diaryl/α,β-unsaturated/α-hetero) is 1. The van der Waals surface area contributed by atoms with Crippen molar-refractivity contribution < 1.29 is 14.4 Å². The smallest absolute Gasteiger partial charge is 0.248 e. The highest BCUT2D eigenvalue weighted by molar-refractivity contribution is 6.00. The van der Waals surface area contributed by atoms with Gasteiger partial charge < -0.3 is 11.1 Å². The lowest BCUT2D eigenvalue weighted by Gasteiger charge is -2.06. The number of nitrogens with two attached hydrogens (primary N) is 1. The van der Waals surface area contributed by atoms with Crippen LogP contribution in [0.4, 0.5) is 5.69 Å². The summed E-state index contributed by atoms with van der Waals surface area (Å²) in [6.45, 7) is 0. The number of hydrogen-bond acceptors (Lipinski definition) is 3. The number of nitrogens with one attached hydrogen (secondary N) is 1. The monoisotopic (exact) mass is 372 g/mol. The van der Waals surface area contributed by atoms with Gasteiger partial charge in [0.25, 0.3) is 0 Å². The molecule has 0 saturated carbocycles. The maximum Gasteiger partial charge on any atom is 0.248 e. The Morgan fingerprint density at radius 3 is 1.86 bits per heavy atom. The molecule has 3 N–H and O–H groups in total. The summed E-state index contributed by atoms with van der Waals surface area (Å²) in [4.78, 5) is 35.4. The Bertz CT molecular complexity index is 979. The summed E-state index contributed by atoms with van der Waals surface area (Å²) in [6.07, 6.45) is 0.201. The fourth-order valence-corrected chi connectivity index (χ4v) is 2.79. The van der Waals surface area contributed by atoms with Gasteiger partial charge in [0.1, 0.15) is 0 Å². The highest BCUT2D eigenvalue weighted by Crippen LogP contribution is 2.20. The van der Waals surface area contributed by atoms with Crippen LogP contribution in [0.5, 0.6) is 0 Å². The zero-order valence-electron chi connectivity index (χ0n) is 15.2. The minimum atomic E-state index is -0.526. The van der Waals surface area contributed by atoms with Crippen molar-refractivity contribution in [1.29, 1.82) is 0 Å². The first-order valence-electron chi connectivity index (χ1n) is 8.91. The van der Waals surface area contributed by atoms with Crippen LogP contribution < -0.4 is 11.1 Å². The number of primary amides is 1. The Morgan fingerprint density at radius 2 is 1.25 bits per heavy atom. The molecule has 2 amide bonds. The van der Waals surface area contributed by atoms with Crippen molar-refractivity contribution in [1.82, 2.24) is 0 Å². The highest BCUT2D eigenvalue weighted by Gasteiger charge is 2.10. The second-order valence-corrected chi connectivity index (χ2v) is 6.36. The van der Waals surface area contributed by atoms with Gasteiger partial charge in [0, 0.05) is 29.7 Å². The lowest BCUT2D eigenvalue weighted by Crippen LogP contribution is -2.14. The molecule has 0 bridgehead atoms. The van der Waals surface area contributed by atoms with E-state index < -0.39 is 5.91 Å². The van der Waals surface area contributed by atoms with Crippen molar-refractivity contribution in [3.05, 3.63) is 90.0 Å². The van der Waals surface area contributed by atoms with Crippen LogP contribution in [0, 0.1) is 0 Å². The third-order valence-electron chi connectivity index (χ3n) is 4.35. The quantitative estimate of drug-likeness (QED) is 0.613. The van der Waals surface area contributed by atoms with E-state index in [2.05, 4.69) is 5.32 Å². The molecule has 5 nitrogen and oxygen atoms in total. The SMILES string of the molecule is NC(=O)c1ccc(NC(=O)CCC(=O)c2ccc(-c3ccccc3)cc2)cc1. The van der Waals surface area contributed by atoms with Gasteiger partial charge in [-0.2, -0.15) is 0 Å². The van der Waals surface area contributed by atoms with Gasteiger partial charge in [-0.3, -0.25) is 14.4 Å². The maximum absolute atomic E-state index is 12.3. The number of carbonyl (C=O) groups is 3. The van der Waals surface area contributed by atoms with Crippen LogP contribution in [0.2, 0.25) is 0 Å². The van der Waals surface area contributed by atoms with Crippen molar-refractivity contribution >= 4 is 23.3 Å². The summed E-state index contributed by atoms with van der Waals surface area (Å²) in [7, 11) is 0. The molecule has 0 unspecified atom stereocenters. The lowest BCUT2D eigenvalue weighted by atomic mass is 10.0. The number of ketones is 1. The van der Waals surface area contributed by atoms with E-state index in [0.717, 1.165) is 11.1 Å². The third kappa shape index (κ3) is 4.92. The Labute approximate surface area is 163 Å². The first-order valence-corrected chi connectivity index (χ1v) is 8.91. The Hall–Kier alpha value is -3.73. The van der Waals surface area contributed by atoms with Gasteiger partial charge in [-0.1, -0.05) is 54.6 Å². The van der Waals surface area contributed by atoms with E-state index in [4.69, 9.17) is 5.73 Å². The second kappa shape index (κ2) is 8.77. The molecule has 0 aliphatic rings. The van der Waals surface area contributed by atoms with Crippen molar-refractivity contribution in [2.75, 3.05) is 5.32 Å². The standard InChI is InChI=1S/C23H20N2O3/c24-23(28)19-10-12-20(13-11-19)25-22(27)15-14-21(26)18-8-6-17(7-9-18)16-4-2-1-3-5-16/h1-13H,14-15H2,(H2,24,28)(H,25,27). The average molecular weight is 372 g/mol. The average Bonchev–Trinajstić information content (AvgIpc) is 2.73. The van der Waals surface area contributed by atoms with Crippen LogP contribution in [-0.2, 0) is 4.79 Å². The molecule has 3 aromatic rings. The third-order valence-corrected chi connectivity index (χ3v) is 4.35. The first kappa shape index (κ1) is 19.0. The van der Waals surface area contributed by atoms with Crippen LogP contribution in [0.15, 0.2) is 78.9 Å². The fourth-order valence-electron chi connectivity index (χ4n) is 2.79. The van der Waals surface area contributed by atoms with Crippen molar-refractivity contribution in [3.63, 3.8) is 0 Å². The summed E-state index contributed by atoms with van der Waals surface area (Å²) in [5, 5.41) is 2.70. The van der Waals surface area contributed by atoms with Gasteiger partial charge in [-0.05, 0) is 35.4 Å². The lowest BCUT2D eigenvalue weighted by molar-refractivity contribution is -0.116. The molecular formula is C23H20N2O3. The predicted octanol–water partition coefficient (Wildman–Crippen LogP) is 4.05. The van der Waals surface area contributed by atoms with Crippen LogP contribution in [0.25, 0.3) is 11.1 Å². The Balaban J connectivity index is 1.53. The fraction of sp³-hybridized carbons (Fsp3) is 0.0870. The summed E-state index contributed by atoms with van der Waals surface area (Å²) in [6, 6.07) is 23.6. The zero-order valence-corrected chi connectivity index (χ0v) is 15.2. The second-order valence-electron chi connectivity index (χ2n) is 6.36. The molecular weight excluding hydrogens is 352 g/mol. The largest absolute Gasteiger partial charge is 0.366 e. The van der Waals surface area contributed by atoms with Gasteiger partial charge in [-0.15, -0.1) is 0 Å². The minimum absolute atomic E-state index is 0.0802. The normalized spacial score (nSPS) is 10.3. The predicted molar refractivity (Wildman–Crippen MR) is 109 cm³/mol. The molecule has 3 aromatic carbocycles. The Kier molecular flexibility index (Phi) is 5.97. The summed E-state index contributed by atoms with van der Waals surface area (Å²) in [5.41, 5.74) is 8.80. The van der Waals surface area contributed by atoms with E-state index in [0.29, 0.717) is 16.8 Å². The van der Waals surface area contributed by atoms with E-state index in [1.54, 1.807) is 24.3 Å². The molecule has 0 fully saturated rings. The summed E-state index contributed by atoms with van der Waals surface area (Å²) in [5.74, 6) is -0.873. The molecule has 0 heterocycles. The number of anilines is 1.